The molecule has 0 spiro atoms. The summed E-state index contributed by atoms with van der Waals surface area (Å²) in [7, 11) is 0. The Morgan fingerprint density at radius 3 is 2.41 bits per heavy atom. The van der Waals surface area contributed by atoms with Gasteiger partial charge in [-0.3, -0.25) is 4.98 Å². The first kappa shape index (κ1) is 21.7. The number of hydrogen-bond acceptors (Lipinski definition) is 9. The van der Waals surface area contributed by atoms with Crippen LogP contribution in [0.1, 0.15) is 20.8 Å². The summed E-state index contributed by atoms with van der Waals surface area (Å²) < 4.78 is 14.6. The van der Waals surface area contributed by atoms with Crippen molar-refractivity contribution in [2.75, 3.05) is 19.8 Å². The fraction of sp³-hybridized carbons (Fsp3) is 0.222. The molecule has 1 N–H and O–H groups in total. The Morgan fingerprint density at radius 2 is 1.78 bits per heavy atom. The molecule has 27 heavy (non-hydrogen) atoms. The van der Waals surface area contributed by atoms with E-state index in [1.54, 1.807) is 18.2 Å². The largest absolute Gasteiger partial charge is 0.459 e. The maximum absolute atomic E-state index is 11.8. The summed E-state index contributed by atoms with van der Waals surface area (Å²) in [5, 5.41) is 9.19. The third-order valence-electron chi connectivity index (χ3n) is 3.01. The fourth-order valence-electron chi connectivity index (χ4n) is 1.77. The molecule has 0 fully saturated rings. The van der Waals surface area contributed by atoms with Crippen molar-refractivity contribution in [1.29, 1.82) is 0 Å². The van der Waals surface area contributed by atoms with Gasteiger partial charge in [0.25, 0.3) is 0 Å². The molecule has 1 unspecified atom stereocenters. The summed E-state index contributed by atoms with van der Waals surface area (Å²) in [6.45, 7) is -1.22. The van der Waals surface area contributed by atoms with E-state index in [4.69, 9.17) is 14.2 Å². The Bertz CT molecular complexity index is 738. The van der Waals surface area contributed by atoms with Crippen LogP contribution in [-0.4, -0.2) is 58.9 Å². The van der Waals surface area contributed by atoms with E-state index in [2.05, 4.69) is 9.97 Å². The quantitative estimate of drug-likeness (QED) is 0.406. The van der Waals surface area contributed by atoms with E-state index in [-0.39, 0.29) is 31.9 Å². The van der Waals surface area contributed by atoms with E-state index < -0.39 is 30.6 Å². The third-order valence-corrected chi connectivity index (χ3v) is 3.01. The van der Waals surface area contributed by atoms with Crippen molar-refractivity contribution in [2.24, 2.45) is 0 Å². The third kappa shape index (κ3) is 6.83. The molecule has 2 aromatic rings. The highest BCUT2D eigenvalue weighted by atomic mass is 16.6. The van der Waals surface area contributed by atoms with Crippen molar-refractivity contribution < 1.29 is 33.7 Å². The van der Waals surface area contributed by atoms with Crippen LogP contribution in [0.4, 0.5) is 0 Å². The Morgan fingerprint density at radius 1 is 1.00 bits per heavy atom. The van der Waals surface area contributed by atoms with Crippen LogP contribution in [0.25, 0.3) is 0 Å². The average molecular weight is 375 g/mol. The van der Waals surface area contributed by atoms with Crippen LogP contribution in [0.2, 0.25) is 0 Å². The number of esters is 3. The van der Waals surface area contributed by atoms with Crippen molar-refractivity contribution in [1.82, 2.24) is 9.97 Å². The number of aromatic nitrogens is 2. The van der Waals surface area contributed by atoms with Gasteiger partial charge >= 0.3 is 17.9 Å². The second-order valence-electron chi connectivity index (χ2n) is 4.84. The van der Waals surface area contributed by atoms with Crippen LogP contribution in [0.3, 0.4) is 0 Å². The lowest BCUT2D eigenvalue weighted by Gasteiger charge is -2.14. The van der Waals surface area contributed by atoms with Crippen LogP contribution in [0.5, 0.6) is 0 Å². The predicted molar refractivity (Wildman–Crippen MR) is 92.4 cm³/mol. The molecule has 0 aliphatic carbocycles. The molecule has 0 aromatic carbocycles. The van der Waals surface area contributed by atoms with Gasteiger partial charge in [0.15, 0.2) is 0 Å². The molecule has 9 heteroatoms. The van der Waals surface area contributed by atoms with E-state index in [1.165, 1.54) is 30.7 Å². The first-order valence-electron chi connectivity index (χ1n) is 7.58. The lowest BCUT2D eigenvalue weighted by Crippen LogP contribution is -2.33. The van der Waals surface area contributed by atoms with Crippen molar-refractivity contribution in [3.8, 4) is 0 Å². The number of rotatable bonds is 8. The minimum atomic E-state index is -1.50. The van der Waals surface area contributed by atoms with Crippen molar-refractivity contribution in [3.63, 3.8) is 0 Å². The van der Waals surface area contributed by atoms with Gasteiger partial charge in [-0.15, -0.1) is 0 Å². The van der Waals surface area contributed by atoms with Crippen LogP contribution in [0, 0.1) is 7.43 Å². The van der Waals surface area contributed by atoms with Crippen LogP contribution < -0.4 is 0 Å². The highest BCUT2D eigenvalue weighted by Crippen LogP contribution is 2.03. The highest BCUT2D eigenvalue weighted by Gasteiger charge is 2.25. The molecule has 0 bridgehead atoms. The molecule has 1 atom stereocenters. The SMILES string of the molecule is O=C(OCCOC(=O)C(CO)OC(=O)c1ccccn1)c1cccnc1.[CH3]. The first-order valence-corrected chi connectivity index (χ1v) is 7.58. The predicted octanol–water partition coefficient (Wildman–Crippen LogP) is 0.845. The topological polar surface area (TPSA) is 125 Å². The molecule has 0 amide bonds. The number of hydrogen-bond donors (Lipinski definition) is 1. The number of pyridine rings is 2. The molecule has 143 valence electrons. The van der Waals surface area contributed by atoms with Gasteiger partial charge in [-0.05, 0) is 24.3 Å². The summed E-state index contributed by atoms with van der Waals surface area (Å²) in [6.07, 6.45) is 2.74. The van der Waals surface area contributed by atoms with Crippen molar-refractivity contribution in [2.45, 2.75) is 6.10 Å². The van der Waals surface area contributed by atoms with Gasteiger partial charge in [0.05, 0.1) is 12.2 Å². The molecule has 0 aliphatic heterocycles. The molecule has 0 saturated heterocycles. The fourth-order valence-corrected chi connectivity index (χ4v) is 1.77. The number of aliphatic hydroxyl groups excluding tert-OH is 1. The average Bonchev–Trinajstić information content (AvgIpc) is 2.70. The van der Waals surface area contributed by atoms with Crippen LogP contribution >= 0.6 is 0 Å². The van der Waals surface area contributed by atoms with Gasteiger partial charge in [0.2, 0.25) is 6.10 Å². The molecule has 0 saturated carbocycles. The molecule has 0 aliphatic rings. The number of carbonyl (C=O) groups is 3. The van der Waals surface area contributed by atoms with E-state index in [9.17, 15) is 19.5 Å². The van der Waals surface area contributed by atoms with Gasteiger partial charge in [-0.1, -0.05) is 13.5 Å². The molecule has 2 heterocycles. The maximum atomic E-state index is 11.8. The molecule has 2 aromatic heterocycles. The Kier molecular flexibility index (Phi) is 9.10. The van der Waals surface area contributed by atoms with Crippen molar-refractivity contribution >= 4 is 17.9 Å². The summed E-state index contributed by atoms with van der Waals surface area (Å²) >= 11 is 0. The lowest BCUT2D eigenvalue weighted by molar-refractivity contribution is -0.157. The van der Waals surface area contributed by atoms with Gasteiger partial charge in [0.1, 0.15) is 18.9 Å². The van der Waals surface area contributed by atoms with Crippen molar-refractivity contribution in [3.05, 3.63) is 67.6 Å². The number of aliphatic hydroxyl groups is 1. The Balaban J connectivity index is 0.00000364. The monoisotopic (exact) mass is 375 g/mol. The minimum Gasteiger partial charge on any atom is -0.459 e. The highest BCUT2D eigenvalue weighted by molar-refractivity contribution is 5.90. The standard InChI is InChI=1S/C17H16N2O7.CH3/c20-11-14(26-16(22)13-5-1-2-7-19-13)17(23)25-9-8-24-15(21)12-4-3-6-18-10-12;/h1-7,10,14,20H,8-9,11H2;1H3. The van der Waals surface area contributed by atoms with Crippen LogP contribution in [-0.2, 0) is 19.0 Å². The summed E-state index contributed by atoms with van der Waals surface area (Å²) in [4.78, 5) is 42.9. The van der Waals surface area contributed by atoms with E-state index in [0.29, 0.717) is 0 Å². The smallest absolute Gasteiger partial charge is 0.357 e. The second-order valence-corrected chi connectivity index (χ2v) is 4.84. The van der Waals surface area contributed by atoms with Gasteiger partial charge in [-0.25, -0.2) is 19.4 Å². The zero-order valence-electron chi connectivity index (χ0n) is 14.6. The molecule has 2 rings (SSSR count). The summed E-state index contributed by atoms with van der Waals surface area (Å²) in [5.41, 5.74) is 0.250. The van der Waals surface area contributed by atoms with Gasteiger partial charge in [-0.2, -0.15) is 0 Å². The second kappa shape index (κ2) is 11.3. The normalized spacial score (nSPS) is 10.9. The summed E-state index contributed by atoms with van der Waals surface area (Å²) in [5.74, 6) is -2.45. The number of ether oxygens (including phenoxy) is 3. The molecular weight excluding hydrogens is 356 g/mol. The maximum Gasteiger partial charge on any atom is 0.357 e. The zero-order valence-corrected chi connectivity index (χ0v) is 14.6. The van der Waals surface area contributed by atoms with E-state index in [1.807, 2.05) is 0 Å². The van der Waals surface area contributed by atoms with Gasteiger partial charge in [0, 0.05) is 18.6 Å². The summed E-state index contributed by atoms with van der Waals surface area (Å²) in [6, 6.07) is 7.70. The molecular formula is C18H19N2O7. The van der Waals surface area contributed by atoms with Gasteiger partial charge < -0.3 is 19.3 Å². The van der Waals surface area contributed by atoms with E-state index in [0.717, 1.165) is 0 Å². The Hall–Kier alpha value is -3.33. The number of nitrogens with zero attached hydrogens (tertiary/aromatic N) is 2. The van der Waals surface area contributed by atoms with Crippen LogP contribution in [0.15, 0.2) is 48.9 Å². The van der Waals surface area contributed by atoms with E-state index >= 15 is 0 Å². The zero-order chi connectivity index (χ0) is 18.8. The Labute approximate surface area is 155 Å². The minimum absolute atomic E-state index is 0. The first-order chi connectivity index (χ1) is 12.6. The molecule has 9 nitrogen and oxygen atoms in total. The number of carbonyl (C=O) groups excluding carboxylic acids is 3. The lowest BCUT2D eigenvalue weighted by atomic mass is 10.3. The molecule has 1 radical (unpaired) electrons.